The number of benzene rings is 1. The summed E-state index contributed by atoms with van der Waals surface area (Å²) in [5.41, 5.74) is 4.55. The van der Waals surface area contributed by atoms with E-state index >= 15 is 0 Å². The highest BCUT2D eigenvalue weighted by molar-refractivity contribution is 6.01. The maximum Gasteiger partial charge on any atom is 0.295 e. The quantitative estimate of drug-likeness (QED) is 0.511. The second kappa shape index (κ2) is 6.31. The standard InChI is InChI=1S/C13H18FN3O3/c1-4-9(5-2)16(3)13(18)10-6-8(14)7-11(12(10)15)17(19)20/h6-7,9H,4-5,15H2,1-3H3. The molecule has 0 bridgehead atoms. The molecule has 110 valence electrons. The first kappa shape index (κ1) is 15.9. The van der Waals surface area contributed by atoms with Crippen molar-refractivity contribution in [3.8, 4) is 0 Å². The van der Waals surface area contributed by atoms with Crippen LogP contribution in [0.25, 0.3) is 0 Å². The van der Waals surface area contributed by atoms with Gasteiger partial charge in [0.25, 0.3) is 11.6 Å². The number of rotatable bonds is 5. The average Bonchev–Trinajstić information content (AvgIpc) is 2.41. The molecule has 0 aliphatic heterocycles. The highest BCUT2D eigenvalue weighted by Crippen LogP contribution is 2.28. The molecule has 1 rings (SSSR count). The van der Waals surface area contributed by atoms with Gasteiger partial charge in [-0.25, -0.2) is 4.39 Å². The minimum absolute atomic E-state index is 0.0239. The van der Waals surface area contributed by atoms with Crippen LogP contribution in [0.1, 0.15) is 37.0 Å². The lowest BCUT2D eigenvalue weighted by Gasteiger charge is -2.26. The summed E-state index contributed by atoms with van der Waals surface area (Å²) in [4.78, 5) is 23.7. The number of nitrogens with two attached hydrogens (primary N) is 1. The molecule has 0 atom stereocenters. The molecule has 0 radical (unpaired) electrons. The third-order valence-corrected chi connectivity index (χ3v) is 3.36. The number of hydrogen-bond donors (Lipinski definition) is 1. The van der Waals surface area contributed by atoms with Gasteiger partial charge in [-0.2, -0.15) is 0 Å². The van der Waals surface area contributed by atoms with Gasteiger partial charge >= 0.3 is 0 Å². The SMILES string of the molecule is CCC(CC)N(C)C(=O)c1cc(F)cc([N+](=O)[O-])c1N. The summed E-state index contributed by atoms with van der Waals surface area (Å²) < 4.78 is 13.4. The molecule has 20 heavy (non-hydrogen) atoms. The number of carbonyl (C=O) groups is 1. The lowest BCUT2D eigenvalue weighted by molar-refractivity contribution is -0.384. The maximum atomic E-state index is 13.4. The number of anilines is 1. The number of nitrogens with zero attached hydrogens (tertiary/aromatic N) is 2. The molecule has 0 spiro atoms. The van der Waals surface area contributed by atoms with Gasteiger partial charge in [0.2, 0.25) is 0 Å². The monoisotopic (exact) mass is 283 g/mol. The Balaban J connectivity index is 3.26. The fourth-order valence-electron chi connectivity index (χ4n) is 2.12. The third kappa shape index (κ3) is 3.04. The van der Waals surface area contributed by atoms with E-state index < -0.39 is 22.3 Å². The Bertz CT molecular complexity index is 530. The van der Waals surface area contributed by atoms with Crippen LogP contribution in [-0.2, 0) is 0 Å². The van der Waals surface area contributed by atoms with Gasteiger partial charge in [0, 0.05) is 13.1 Å². The highest BCUT2D eigenvalue weighted by atomic mass is 19.1. The Morgan fingerprint density at radius 3 is 2.45 bits per heavy atom. The van der Waals surface area contributed by atoms with Gasteiger partial charge in [0.1, 0.15) is 11.5 Å². The van der Waals surface area contributed by atoms with Gasteiger partial charge in [-0.05, 0) is 18.9 Å². The van der Waals surface area contributed by atoms with E-state index in [4.69, 9.17) is 5.73 Å². The molecule has 1 amide bonds. The van der Waals surface area contributed by atoms with Crippen LogP contribution in [-0.4, -0.2) is 28.8 Å². The Labute approximate surface area is 116 Å². The zero-order chi connectivity index (χ0) is 15.4. The molecule has 6 nitrogen and oxygen atoms in total. The summed E-state index contributed by atoms with van der Waals surface area (Å²) >= 11 is 0. The van der Waals surface area contributed by atoms with Crippen molar-refractivity contribution in [2.24, 2.45) is 0 Å². The average molecular weight is 283 g/mol. The van der Waals surface area contributed by atoms with Gasteiger partial charge in [0.05, 0.1) is 16.6 Å². The summed E-state index contributed by atoms with van der Waals surface area (Å²) in [6.45, 7) is 3.85. The molecule has 0 heterocycles. The smallest absolute Gasteiger partial charge is 0.295 e. The van der Waals surface area contributed by atoms with Crippen molar-refractivity contribution in [1.82, 2.24) is 4.90 Å². The van der Waals surface area contributed by atoms with Crippen LogP contribution in [0, 0.1) is 15.9 Å². The maximum absolute atomic E-state index is 13.4. The molecular weight excluding hydrogens is 265 g/mol. The van der Waals surface area contributed by atoms with E-state index in [1.54, 1.807) is 7.05 Å². The van der Waals surface area contributed by atoms with E-state index in [-0.39, 0.29) is 17.3 Å². The summed E-state index contributed by atoms with van der Waals surface area (Å²) in [7, 11) is 1.58. The molecule has 0 saturated heterocycles. The highest BCUT2D eigenvalue weighted by Gasteiger charge is 2.25. The lowest BCUT2D eigenvalue weighted by atomic mass is 10.1. The van der Waals surface area contributed by atoms with E-state index in [9.17, 15) is 19.3 Å². The van der Waals surface area contributed by atoms with E-state index in [0.717, 1.165) is 18.9 Å². The topological polar surface area (TPSA) is 89.5 Å². The van der Waals surface area contributed by atoms with E-state index in [1.165, 1.54) is 4.90 Å². The van der Waals surface area contributed by atoms with Crippen LogP contribution in [0.4, 0.5) is 15.8 Å². The van der Waals surface area contributed by atoms with Crippen LogP contribution in [0.15, 0.2) is 12.1 Å². The number of hydrogen-bond acceptors (Lipinski definition) is 4. The number of halogens is 1. The molecular formula is C13H18FN3O3. The Kier molecular flexibility index (Phi) is 5.01. The van der Waals surface area contributed by atoms with Crippen LogP contribution in [0.5, 0.6) is 0 Å². The van der Waals surface area contributed by atoms with Crippen molar-refractivity contribution in [2.45, 2.75) is 32.7 Å². The summed E-state index contributed by atoms with van der Waals surface area (Å²) in [6, 6.07) is 1.62. The number of amides is 1. The molecule has 7 heteroatoms. The van der Waals surface area contributed by atoms with Crippen molar-refractivity contribution in [3.05, 3.63) is 33.6 Å². The van der Waals surface area contributed by atoms with Gasteiger partial charge in [-0.15, -0.1) is 0 Å². The van der Waals surface area contributed by atoms with Crippen molar-refractivity contribution < 1.29 is 14.1 Å². The van der Waals surface area contributed by atoms with Gasteiger partial charge in [-0.1, -0.05) is 13.8 Å². The first-order chi connectivity index (χ1) is 9.33. The molecule has 1 aromatic rings. The molecule has 0 saturated carbocycles. The fraction of sp³-hybridized carbons (Fsp3) is 0.462. The van der Waals surface area contributed by atoms with Crippen LogP contribution < -0.4 is 5.73 Å². The number of carbonyl (C=O) groups excluding carboxylic acids is 1. The van der Waals surface area contributed by atoms with Crippen molar-refractivity contribution >= 4 is 17.3 Å². The predicted octanol–water partition coefficient (Wildman–Crippen LogP) is 2.58. The minimum Gasteiger partial charge on any atom is -0.393 e. The molecule has 0 fully saturated rings. The summed E-state index contributed by atoms with van der Waals surface area (Å²) in [5.74, 6) is -1.37. The summed E-state index contributed by atoms with van der Waals surface area (Å²) in [5, 5.41) is 10.8. The van der Waals surface area contributed by atoms with E-state index in [1.807, 2.05) is 13.8 Å². The normalized spacial score (nSPS) is 10.7. The van der Waals surface area contributed by atoms with Gasteiger partial charge < -0.3 is 10.6 Å². The van der Waals surface area contributed by atoms with E-state index in [0.29, 0.717) is 6.07 Å². The zero-order valence-electron chi connectivity index (χ0n) is 11.7. The second-order valence-corrected chi connectivity index (χ2v) is 4.53. The molecule has 0 unspecified atom stereocenters. The number of nitro benzene ring substituents is 1. The predicted molar refractivity (Wildman–Crippen MR) is 73.9 cm³/mol. The van der Waals surface area contributed by atoms with Gasteiger partial charge in [0.15, 0.2) is 0 Å². The van der Waals surface area contributed by atoms with Crippen LogP contribution in [0.3, 0.4) is 0 Å². The van der Waals surface area contributed by atoms with Crippen molar-refractivity contribution in [3.63, 3.8) is 0 Å². The lowest BCUT2D eigenvalue weighted by Crippen LogP contribution is -2.36. The molecule has 1 aromatic carbocycles. The number of nitro groups is 1. The third-order valence-electron chi connectivity index (χ3n) is 3.36. The molecule has 0 aliphatic rings. The Morgan fingerprint density at radius 1 is 1.45 bits per heavy atom. The fourth-order valence-corrected chi connectivity index (χ4v) is 2.12. The van der Waals surface area contributed by atoms with Gasteiger partial charge in [-0.3, -0.25) is 14.9 Å². The Morgan fingerprint density at radius 2 is 2.00 bits per heavy atom. The largest absolute Gasteiger partial charge is 0.393 e. The van der Waals surface area contributed by atoms with Crippen LogP contribution in [0.2, 0.25) is 0 Å². The van der Waals surface area contributed by atoms with Crippen molar-refractivity contribution in [1.29, 1.82) is 0 Å². The molecule has 2 N–H and O–H groups in total. The Hall–Kier alpha value is -2.18. The van der Waals surface area contributed by atoms with E-state index in [2.05, 4.69) is 0 Å². The summed E-state index contributed by atoms with van der Waals surface area (Å²) in [6.07, 6.45) is 1.46. The second-order valence-electron chi connectivity index (χ2n) is 4.53. The first-order valence-electron chi connectivity index (χ1n) is 6.33. The first-order valence-corrected chi connectivity index (χ1v) is 6.33. The zero-order valence-corrected chi connectivity index (χ0v) is 11.7. The van der Waals surface area contributed by atoms with Crippen LogP contribution >= 0.6 is 0 Å². The minimum atomic E-state index is -0.854. The van der Waals surface area contributed by atoms with Crippen molar-refractivity contribution in [2.75, 3.05) is 12.8 Å². The molecule has 0 aliphatic carbocycles. The molecule has 0 aromatic heterocycles. The number of nitrogen functional groups attached to an aromatic ring is 1.